The van der Waals surface area contributed by atoms with Gasteiger partial charge in [0.05, 0.1) is 4.90 Å². The Morgan fingerprint density at radius 2 is 1.79 bits per heavy atom. The first-order chi connectivity index (χ1) is 11.3. The molecule has 1 N–H and O–H groups in total. The first kappa shape index (κ1) is 18.9. The van der Waals surface area contributed by atoms with E-state index in [-0.39, 0.29) is 16.8 Å². The zero-order valence-electron chi connectivity index (χ0n) is 14.8. The molecule has 0 unspecified atom stereocenters. The summed E-state index contributed by atoms with van der Waals surface area (Å²) in [6.07, 6.45) is 6.52. The Balaban J connectivity index is 1.92. The lowest BCUT2D eigenvalue weighted by molar-refractivity contribution is -0.116. The standard InChI is InChI=1S/C18H28N2O3S/c1-14(2)20(3)24(22,23)17-11-9-16(10-12-17)19-18(21)13-8-15-6-4-5-7-15/h9-12,14-15H,4-8,13H2,1-3H3,(H,19,21). The summed E-state index contributed by atoms with van der Waals surface area (Å²) in [5.41, 5.74) is 0.637. The van der Waals surface area contributed by atoms with Crippen molar-refractivity contribution in [3.05, 3.63) is 24.3 Å². The Bertz CT molecular complexity index is 647. The van der Waals surface area contributed by atoms with Crippen molar-refractivity contribution in [2.75, 3.05) is 12.4 Å². The Morgan fingerprint density at radius 3 is 2.33 bits per heavy atom. The van der Waals surface area contributed by atoms with Gasteiger partial charge in [-0.25, -0.2) is 8.42 Å². The van der Waals surface area contributed by atoms with E-state index in [4.69, 9.17) is 0 Å². The van der Waals surface area contributed by atoms with Crippen molar-refractivity contribution >= 4 is 21.6 Å². The number of amides is 1. The smallest absolute Gasteiger partial charge is 0.243 e. The zero-order valence-corrected chi connectivity index (χ0v) is 15.6. The van der Waals surface area contributed by atoms with Gasteiger partial charge in [0.1, 0.15) is 0 Å². The van der Waals surface area contributed by atoms with Crippen LogP contribution in [-0.4, -0.2) is 31.7 Å². The summed E-state index contributed by atoms with van der Waals surface area (Å²) in [6, 6.07) is 6.27. The summed E-state index contributed by atoms with van der Waals surface area (Å²) in [5.74, 6) is 0.687. The number of benzene rings is 1. The van der Waals surface area contributed by atoms with Crippen LogP contribution in [0.2, 0.25) is 0 Å². The Labute approximate surface area is 145 Å². The van der Waals surface area contributed by atoms with Gasteiger partial charge in [0.2, 0.25) is 15.9 Å². The maximum atomic E-state index is 12.4. The SMILES string of the molecule is CC(C)N(C)S(=O)(=O)c1ccc(NC(=O)CCC2CCCC2)cc1. The lowest BCUT2D eigenvalue weighted by Crippen LogP contribution is -2.33. The molecule has 0 saturated heterocycles. The van der Waals surface area contributed by atoms with Crippen molar-refractivity contribution in [3.63, 3.8) is 0 Å². The van der Waals surface area contributed by atoms with E-state index in [2.05, 4.69) is 5.32 Å². The molecule has 1 aromatic carbocycles. The minimum Gasteiger partial charge on any atom is -0.326 e. The molecule has 0 bridgehead atoms. The zero-order chi connectivity index (χ0) is 17.7. The summed E-state index contributed by atoms with van der Waals surface area (Å²) in [6.45, 7) is 3.66. The highest BCUT2D eigenvalue weighted by atomic mass is 32.2. The molecule has 0 aliphatic heterocycles. The lowest BCUT2D eigenvalue weighted by atomic mass is 10.0. The van der Waals surface area contributed by atoms with Crippen LogP contribution in [-0.2, 0) is 14.8 Å². The summed E-state index contributed by atoms with van der Waals surface area (Å²) in [7, 11) is -1.92. The van der Waals surface area contributed by atoms with Gasteiger partial charge in [-0.15, -0.1) is 0 Å². The third-order valence-electron chi connectivity index (χ3n) is 4.80. The van der Waals surface area contributed by atoms with Gasteiger partial charge in [0, 0.05) is 25.2 Å². The van der Waals surface area contributed by atoms with Gasteiger partial charge in [0.25, 0.3) is 0 Å². The van der Waals surface area contributed by atoms with E-state index in [1.807, 2.05) is 13.8 Å². The van der Waals surface area contributed by atoms with Crippen LogP contribution in [0.5, 0.6) is 0 Å². The summed E-state index contributed by atoms with van der Waals surface area (Å²) in [4.78, 5) is 12.2. The molecule has 0 aromatic heterocycles. The van der Waals surface area contributed by atoms with E-state index in [0.29, 0.717) is 18.0 Å². The molecule has 24 heavy (non-hydrogen) atoms. The maximum Gasteiger partial charge on any atom is 0.243 e. The molecule has 1 aliphatic rings. The van der Waals surface area contributed by atoms with Crippen molar-refractivity contribution in [3.8, 4) is 0 Å². The van der Waals surface area contributed by atoms with Crippen molar-refractivity contribution in [2.24, 2.45) is 5.92 Å². The number of hydrogen-bond donors (Lipinski definition) is 1. The van der Waals surface area contributed by atoms with Crippen molar-refractivity contribution in [1.29, 1.82) is 0 Å². The van der Waals surface area contributed by atoms with Gasteiger partial charge in [-0.05, 0) is 50.5 Å². The van der Waals surface area contributed by atoms with Gasteiger partial charge < -0.3 is 5.32 Å². The van der Waals surface area contributed by atoms with Crippen LogP contribution in [0, 0.1) is 5.92 Å². The van der Waals surface area contributed by atoms with E-state index >= 15 is 0 Å². The van der Waals surface area contributed by atoms with E-state index < -0.39 is 10.0 Å². The molecule has 1 amide bonds. The number of carbonyl (C=O) groups is 1. The first-order valence-electron chi connectivity index (χ1n) is 8.68. The molecule has 0 heterocycles. The van der Waals surface area contributed by atoms with Gasteiger partial charge >= 0.3 is 0 Å². The number of hydrogen-bond acceptors (Lipinski definition) is 3. The average molecular weight is 353 g/mol. The van der Waals surface area contributed by atoms with Crippen LogP contribution in [0.4, 0.5) is 5.69 Å². The normalized spacial score (nSPS) is 16.0. The molecule has 1 aromatic rings. The number of carbonyl (C=O) groups excluding carboxylic acids is 1. The van der Waals surface area contributed by atoms with Gasteiger partial charge in [-0.1, -0.05) is 25.7 Å². The monoisotopic (exact) mass is 352 g/mol. The molecule has 0 radical (unpaired) electrons. The Hall–Kier alpha value is -1.40. The van der Waals surface area contributed by atoms with Gasteiger partial charge in [-0.2, -0.15) is 4.31 Å². The predicted molar refractivity (Wildman–Crippen MR) is 96.3 cm³/mol. The fourth-order valence-electron chi connectivity index (χ4n) is 3.01. The fraction of sp³-hybridized carbons (Fsp3) is 0.611. The molecule has 6 heteroatoms. The molecule has 0 spiro atoms. The average Bonchev–Trinajstić information content (AvgIpc) is 3.06. The van der Waals surface area contributed by atoms with E-state index in [1.54, 1.807) is 31.3 Å². The first-order valence-corrected chi connectivity index (χ1v) is 10.1. The van der Waals surface area contributed by atoms with Crippen LogP contribution >= 0.6 is 0 Å². The third kappa shape index (κ3) is 4.80. The second-order valence-electron chi connectivity index (χ2n) is 6.88. The second kappa shape index (κ2) is 8.12. The summed E-state index contributed by atoms with van der Waals surface area (Å²) >= 11 is 0. The molecular weight excluding hydrogens is 324 g/mol. The van der Waals surface area contributed by atoms with Crippen LogP contribution in [0.1, 0.15) is 52.4 Å². The number of rotatable bonds is 7. The number of sulfonamides is 1. The minimum absolute atomic E-state index is 0.00296. The molecule has 1 fully saturated rings. The molecular formula is C18H28N2O3S. The summed E-state index contributed by atoms with van der Waals surface area (Å²) in [5, 5.41) is 2.85. The fourth-order valence-corrected chi connectivity index (χ4v) is 4.38. The highest BCUT2D eigenvalue weighted by molar-refractivity contribution is 7.89. The number of nitrogens with zero attached hydrogens (tertiary/aromatic N) is 1. The van der Waals surface area contributed by atoms with Crippen LogP contribution < -0.4 is 5.32 Å². The van der Waals surface area contributed by atoms with Crippen molar-refractivity contribution < 1.29 is 13.2 Å². The van der Waals surface area contributed by atoms with Gasteiger partial charge in [-0.3, -0.25) is 4.79 Å². The van der Waals surface area contributed by atoms with Crippen LogP contribution in [0.25, 0.3) is 0 Å². The lowest BCUT2D eigenvalue weighted by Gasteiger charge is -2.21. The van der Waals surface area contributed by atoms with Crippen LogP contribution in [0.3, 0.4) is 0 Å². The number of anilines is 1. The van der Waals surface area contributed by atoms with Crippen LogP contribution in [0.15, 0.2) is 29.2 Å². The van der Waals surface area contributed by atoms with Gasteiger partial charge in [0.15, 0.2) is 0 Å². The molecule has 134 valence electrons. The topological polar surface area (TPSA) is 66.5 Å². The quantitative estimate of drug-likeness (QED) is 0.815. The highest BCUT2D eigenvalue weighted by Gasteiger charge is 2.23. The molecule has 0 atom stereocenters. The van der Waals surface area contributed by atoms with Crippen molar-refractivity contribution in [2.45, 2.75) is 63.3 Å². The highest BCUT2D eigenvalue weighted by Crippen LogP contribution is 2.28. The summed E-state index contributed by atoms with van der Waals surface area (Å²) < 4.78 is 26.1. The predicted octanol–water partition coefficient (Wildman–Crippen LogP) is 3.62. The van der Waals surface area contributed by atoms with E-state index in [9.17, 15) is 13.2 Å². The second-order valence-corrected chi connectivity index (χ2v) is 8.87. The minimum atomic E-state index is -3.48. The Kier molecular flexibility index (Phi) is 6.40. The third-order valence-corrected chi connectivity index (χ3v) is 6.84. The maximum absolute atomic E-state index is 12.4. The Morgan fingerprint density at radius 1 is 1.21 bits per heavy atom. The number of nitrogens with one attached hydrogen (secondary N) is 1. The van der Waals surface area contributed by atoms with E-state index in [1.165, 1.54) is 30.0 Å². The molecule has 1 saturated carbocycles. The van der Waals surface area contributed by atoms with Crippen molar-refractivity contribution in [1.82, 2.24) is 4.31 Å². The molecule has 5 nitrogen and oxygen atoms in total. The largest absolute Gasteiger partial charge is 0.326 e. The molecule has 1 aliphatic carbocycles. The van der Waals surface area contributed by atoms with E-state index in [0.717, 1.165) is 6.42 Å². The molecule has 2 rings (SSSR count).